The molecule has 1 atom stereocenters. The number of nitrogens with zero attached hydrogens (tertiary/aromatic N) is 1. The van der Waals surface area contributed by atoms with Gasteiger partial charge >= 0.3 is 0 Å². The van der Waals surface area contributed by atoms with Crippen molar-refractivity contribution in [3.05, 3.63) is 105 Å². The van der Waals surface area contributed by atoms with Gasteiger partial charge in [-0.15, -0.1) is 0 Å². The Kier molecular flexibility index (Phi) is 4.70. The van der Waals surface area contributed by atoms with E-state index in [9.17, 15) is 14.7 Å². The van der Waals surface area contributed by atoms with E-state index in [2.05, 4.69) is 0 Å². The van der Waals surface area contributed by atoms with Gasteiger partial charge in [0, 0.05) is 6.54 Å². The number of phenolic OH excluding ortho intramolecular Hbond substituents is 1. The summed E-state index contributed by atoms with van der Waals surface area (Å²) in [5.41, 5.74) is 3.15. The number of hydrogen-bond donors (Lipinski definition) is 1. The highest BCUT2D eigenvalue weighted by molar-refractivity contribution is 5.99. The third kappa shape index (κ3) is 3.12. The van der Waals surface area contributed by atoms with Crippen molar-refractivity contribution in [2.24, 2.45) is 0 Å². The minimum absolute atomic E-state index is 0.0172. The number of methoxy groups -OCH3 is 1. The van der Waals surface area contributed by atoms with Gasteiger partial charge in [-0.05, 0) is 42.3 Å². The van der Waals surface area contributed by atoms with Crippen LogP contribution in [-0.2, 0) is 6.54 Å². The van der Waals surface area contributed by atoms with E-state index in [4.69, 9.17) is 9.15 Å². The molecule has 0 saturated carbocycles. The topological polar surface area (TPSA) is 80.0 Å². The van der Waals surface area contributed by atoms with Crippen LogP contribution < -0.4 is 10.2 Å². The Hall–Kier alpha value is -4.06. The molecule has 0 spiro atoms. The molecule has 0 radical (unpaired) electrons. The number of fused-ring (bicyclic) bond motifs is 2. The highest BCUT2D eigenvalue weighted by Crippen LogP contribution is 2.41. The minimum Gasteiger partial charge on any atom is -0.504 e. The molecule has 0 fully saturated rings. The van der Waals surface area contributed by atoms with E-state index >= 15 is 0 Å². The summed E-state index contributed by atoms with van der Waals surface area (Å²) in [6.45, 7) is 2.30. The van der Waals surface area contributed by atoms with Gasteiger partial charge < -0.3 is 19.2 Å². The van der Waals surface area contributed by atoms with Crippen molar-refractivity contribution in [2.45, 2.75) is 19.5 Å². The Bertz CT molecular complexity index is 1400. The van der Waals surface area contributed by atoms with Crippen LogP contribution in [0.1, 0.15) is 38.9 Å². The molecular formula is C26H21NO5. The molecule has 1 aromatic heterocycles. The van der Waals surface area contributed by atoms with Crippen LogP contribution in [0.3, 0.4) is 0 Å². The molecule has 3 aromatic carbocycles. The maximum Gasteiger partial charge on any atom is 0.291 e. The van der Waals surface area contributed by atoms with Crippen molar-refractivity contribution in [2.75, 3.05) is 7.11 Å². The average Bonchev–Trinajstić information content (AvgIpc) is 3.08. The second-order valence-corrected chi connectivity index (χ2v) is 7.92. The predicted octanol–water partition coefficient (Wildman–Crippen LogP) is 4.56. The van der Waals surface area contributed by atoms with Crippen LogP contribution in [0.25, 0.3) is 11.0 Å². The van der Waals surface area contributed by atoms with Crippen LogP contribution in [0, 0.1) is 6.92 Å². The molecule has 1 aliphatic rings. The maximum absolute atomic E-state index is 13.5. The molecule has 0 aliphatic carbocycles. The second-order valence-electron chi connectivity index (χ2n) is 7.92. The standard InChI is InChI=1S/C26H21NO5/c1-15-7-9-16(10-8-15)14-27-23(17-11-12-19(28)21(13-17)31-2)22-24(29)18-5-3-4-6-20(18)32-25(22)26(27)30/h3-13,23,28H,14H2,1-2H3. The van der Waals surface area contributed by atoms with Gasteiger partial charge in [-0.25, -0.2) is 0 Å². The van der Waals surface area contributed by atoms with Gasteiger partial charge in [0.1, 0.15) is 5.58 Å². The Morgan fingerprint density at radius 3 is 2.53 bits per heavy atom. The van der Waals surface area contributed by atoms with Gasteiger partial charge in [0.05, 0.1) is 24.1 Å². The summed E-state index contributed by atoms with van der Waals surface area (Å²) < 4.78 is 11.2. The zero-order valence-corrected chi connectivity index (χ0v) is 17.7. The first-order valence-corrected chi connectivity index (χ1v) is 10.3. The molecule has 1 amide bonds. The molecular weight excluding hydrogens is 406 g/mol. The number of rotatable bonds is 4. The van der Waals surface area contributed by atoms with Gasteiger partial charge in [-0.2, -0.15) is 0 Å². The number of carbonyl (C=O) groups excluding carboxylic acids is 1. The fraction of sp³-hybridized carbons (Fsp3) is 0.154. The summed E-state index contributed by atoms with van der Waals surface area (Å²) in [6, 6.07) is 19.0. The van der Waals surface area contributed by atoms with Crippen LogP contribution in [0.15, 0.2) is 75.9 Å². The van der Waals surface area contributed by atoms with Crippen molar-refractivity contribution in [1.82, 2.24) is 4.90 Å². The minimum atomic E-state index is -0.672. The normalized spacial score (nSPS) is 15.2. The lowest BCUT2D eigenvalue weighted by Gasteiger charge is -2.25. The highest BCUT2D eigenvalue weighted by atomic mass is 16.5. The highest BCUT2D eigenvalue weighted by Gasteiger charge is 2.42. The molecule has 6 nitrogen and oxygen atoms in total. The number of aromatic hydroxyl groups is 1. The van der Waals surface area contributed by atoms with Crippen LogP contribution in [0.2, 0.25) is 0 Å². The van der Waals surface area contributed by atoms with Gasteiger partial charge in [-0.1, -0.05) is 48.0 Å². The van der Waals surface area contributed by atoms with Gasteiger partial charge in [0.15, 0.2) is 16.9 Å². The Morgan fingerprint density at radius 1 is 1.03 bits per heavy atom. The Balaban J connectivity index is 1.72. The van der Waals surface area contributed by atoms with Gasteiger partial charge in [-0.3, -0.25) is 9.59 Å². The smallest absolute Gasteiger partial charge is 0.291 e. The van der Waals surface area contributed by atoms with Crippen molar-refractivity contribution >= 4 is 16.9 Å². The molecule has 1 unspecified atom stereocenters. The summed E-state index contributed by atoms with van der Waals surface area (Å²) >= 11 is 0. The van der Waals surface area contributed by atoms with E-state index in [-0.39, 0.29) is 28.6 Å². The van der Waals surface area contributed by atoms with Crippen LogP contribution in [-0.4, -0.2) is 23.0 Å². The van der Waals surface area contributed by atoms with Crippen molar-refractivity contribution in [3.8, 4) is 11.5 Å². The monoisotopic (exact) mass is 427 g/mol. The van der Waals surface area contributed by atoms with E-state index in [0.29, 0.717) is 28.6 Å². The van der Waals surface area contributed by atoms with Crippen molar-refractivity contribution in [1.29, 1.82) is 0 Å². The van der Waals surface area contributed by atoms with E-state index in [1.54, 1.807) is 41.3 Å². The first-order chi connectivity index (χ1) is 15.5. The lowest BCUT2D eigenvalue weighted by molar-refractivity contribution is 0.0714. The summed E-state index contributed by atoms with van der Waals surface area (Å²) in [5.74, 6) is -0.0430. The summed E-state index contributed by atoms with van der Waals surface area (Å²) in [5, 5.41) is 10.5. The molecule has 32 heavy (non-hydrogen) atoms. The Labute approximate surface area is 184 Å². The summed E-state index contributed by atoms with van der Waals surface area (Å²) in [7, 11) is 1.46. The zero-order chi connectivity index (χ0) is 22.4. The van der Waals surface area contributed by atoms with E-state index < -0.39 is 6.04 Å². The van der Waals surface area contributed by atoms with Crippen LogP contribution in [0.4, 0.5) is 0 Å². The number of para-hydroxylation sites is 1. The fourth-order valence-corrected chi connectivity index (χ4v) is 4.23. The van der Waals surface area contributed by atoms with E-state index in [1.807, 2.05) is 31.2 Å². The van der Waals surface area contributed by atoms with Crippen molar-refractivity contribution < 1.29 is 19.1 Å². The fourth-order valence-electron chi connectivity index (χ4n) is 4.23. The number of carbonyl (C=O) groups is 1. The average molecular weight is 427 g/mol. The largest absolute Gasteiger partial charge is 0.504 e. The molecule has 6 heteroatoms. The molecule has 5 rings (SSSR count). The summed E-state index contributed by atoms with van der Waals surface area (Å²) in [4.78, 5) is 28.6. The SMILES string of the molecule is COc1cc(C2c3c(oc4ccccc4c3=O)C(=O)N2Cc2ccc(C)cc2)ccc1O. The number of amides is 1. The first-order valence-electron chi connectivity index (χ1n) is 10.3. The second kappa shape index (κ2) is 7.57. The van der Waals surface area contributed by atoms with Gasteiger partial charge in [0.25, 0.3) is 5.91 Å². The summed E-state index contributed by atoms with van der Waals surface area (Å²) in [6.07, 6.45) is 0. The quantitative estimate of drug-likeness (QED) is 0.516. The molecule has 0 bridgehead atoms. The Morgan fingerprint density at radius 2 is 1.78 bits per heavy atom. The van der Waals surface area contributed by atoms with Crippen LogP contribution >= 0.6 is 0 Å². The van der Waals surface area contributed by atoms with E-state index in [1.165, 1.54) is 13.2 Å². The number of ether oxygens (including phenoxy) is 1. The number of aryl methyl sites for hydroxylation is 1. The number of phenols is 1. The molecule has 2 heterocycles. The number of benzene rings is 3. The van der Waals surface area contributed by atoms with Crippen LogP contribution in [0.5, 0.6) is 11.5 Å². The molecule has 0 saturated heterocycles. The molecule has 160 valence electrons. The third-order valence-corrected chi connectivity index (χ3v) is 5.87. The molecule has 4 aromatic rings. The molecule has 1 aliphatic heterocycles. The number of hydrogen-bond acceptors (Lipinski definition) is 5. The lowest BCUT2D eigenvalue weighted by atomic mass is 9.97. The predicted molar refractivity (Wildman–Crippen MR) is 120 cm³/mol. The molecule has 1 N–H and O–H groups in total. The van der Waals surface area contributed by atoms with Crippen molar-refractivity contribution in [3.63, 3.8) is 0 Å². The third-order valence-electron chi connectivity index (χ3n) is 5.87. The first kappa shape index (κ1) is 19.9. The van der Waals surface area contributed by atoms with Gasteiger partial charge in [0.2, 0.25) is 5.76 Å². The van der Waals surface area contributed by atoms with E-state index in [0.717, 1.165) is 11.1 Å². The zero-order valence-electron chi connectivity index (χ0n) is 17.7. The maximum atomic E-state index is 13.5. The lowest BCUT2D eigenvalue weighted by Crippen LogP contribution is -2.29.